The number of aromatic nitrogens is 3. The minimum atomic E-state index is -0.625. The second-order valence-electron chi connectivity index (χ2n) is 14.2. The number of fused-ring (bicyclic) bond motifs is 1. The Balaban J connectivity index is 1.12. The number of piperazine rings is 1. The van der Waals surface area contributed by atoms with Gasteiger partial charge in [-0.3, -0.25) is 19.2 Å². The second kappa shape index (κ2) is 15.1. The first-order valence-corrected chi connectivity index (χ1v) is 18.0. The van der Waals surface area contributed by atoms with Crippen molar-refractivity contribution in [3.8, 4) is 22.9 Å². The Hall–Kier alpha value is -4.95. The lowest BCUT2D eigenvalue weighted by Gasteiger charge is -2.36. The molecule has 0 bridgehead atoms. The van der Waals surface area contributed by atoms with Crippen molar-refractivity contribution in [3.05, 3.63) is 128 Å². The SMILES string of the molecule is CC(C)N1CCN(Cc2ccc(-c3cccc(-n4c(=O)n([C@H]5CC[C@@H](NCc6cccc(C#N)c6)CC5)c(=O)c5cc(F)cnc54)c3)cc2)CC1. The van der Waals surface area contributed by atoms with E-state index in [1.165, 1.54) is 20.8 Å². The monoisotopic (exact) mass is 685 g/mol. The lowest BCUT2D eigenvalue weighted by Crippen LogP contribution is -2.48. The number of nitrogens with one attached hydrogen (secondary N) is 1. The fraction of sp³-hybridized carbons (Fsp3) is 0.366. The molecule has 1 saturated carbocycles. The van der Waals surface area contributed by atoms with Gasteiger partial charge in [0.15, 0.2) is 5.65 Å². The van der Waals surface area contributed by atoms with Crippen molar-refractivity contribution in [2.45, 2.75) is 70.7 Å². The van der Waals surface area contributed by atoms with Crippen LogP contribution in [0.15, 0.2) is 94.6 Å². The van der Waals surface area contributed by atoms with E-state index >= 15 is 0 Å². The van der Waals surface area contributed by atoms with Crippen molar-refractivity contribution in [1.29, 1.82) is 5.26 Å². The number of nitrogens with zero attached hydrogens (tertiary/aromatic N) is 6. The number of hydrogen-bond donors (Lipinski definition) is 1. The van der Waals surface area contributed by atoms with Crippen LogP contribution in [0.5, 0.6) is 0 Å². The summed E-state index contributed by atoms with van der Waals surface area (Å²) in [5.74, 6) is -0.625. The van der Waals surface area contributed by atoms with E-state index in [1.807, 2.05) is 42.5 Å². The molecule has 1 N–H and O–H groups in total. The molecule has 0 spiro atoms. The van der Waals surface area contributed by atoms with Crippen molar-refractivity contribution in [2.75, 3.05) is 26.2 Å². The largest absolute Gasteiger partial charge is 0.337 e. The standard InChI is InChI=1S/C41H44FN7O2/c1-28(2)47-19-17-46(18-20-47)27-29-9-11-32(12-10-29)33-7-4-8-37(22-33)48-39-38(23-34(42)26-45-39)40(50)49(41(48)51)36-15-13-35(14-16-36)44-25-31-6-3-5-30(21-31)24-43/h3-12,21-23,26,28,35-36,44H,13-20,25,27H2,1-2H3/t35-,36+. The van der Waals surface area contributed by atoms with E-state index in [2.05, 4.69) is 64.3 Å². The molecule has 1 saturated heterocycles. The molecule has 1 aliphatic carbocycles. The number of benzene rings is 3. The Bertz CT molecular complexity index is 2170. The minimum Gasteiger partial charge on any atom is -0.310 e. The van der Waals surface area contributed by atoms with E-state index in [1.54, 1.807) is 6.07 Å². The maximum Gasteiger partial charge on any atom is 0.337 e. The van der Waals surface area contributed by atoms with Crippen LogP contribution in [-0.4, -0.2) is 62.2 Å². The summed E-state index contributed by atoms with van der Waals surface area (Å²) in [4.78, 5) is 37.4. The molecule has 2 aromatic heterocycles. The molecule has 3 aromatic carbocycles. The molecule has 0 atom stereocenters. The zero-order chi connectivity index (χ0) is 35.5. The van der Waals surface area contributed by atoms with Gasteiger partial charge >= 0.3 is 5.69 Å². The third-order valence-electron chi connectivity index (χ3n) is 10.5. The summed E-state index contributed by atoms with van der Waals surface area (Å²) < 4.78 is 17.3. The normalized spacial score (nSPS) is 18.6. The second-order valence-corrected chi connectivity index (χ2v) is 14.2. The third-order valence-corrected chi connectivity index (χ3v) is 10.5. The van der Waals surface area contributed by atoms with Gasteiger partial charge in [-0.1, -0.05) is 48.5 Å². The highest BCUT2D eigenvalue weighted by Crippen LogP contribution is 2.29. The first kappa shape index (κ1) is 34.5. The zero-order valence-corrected chi connectivity index (χ0v) is 29.3. The number of nitriles is 1. The third kappa shape index (κ3) is 7.57. The fourth-order valence-electron chi connectivity index (χ4n) is 7.61. The first-order chi connectivity index (χ1) is 24.8. The fourth-order valence-corrected chi connectivity index (χ4v) is 7.61. The van der Waals surface area contributed by atoms with Gasteiger partial charge in [0.05, 0.1) is 28.9 Å². The highest BCUT2D eigenvalue weighted by Gasteiger charge is 2.27. The molecule has 0 amide bonds. The van der Waals surface area contributed by atoms with Gasteiger partial charge in [-0.2, -0.15) is 5.26 Å². The van der Waals surface area contributed by atoms with E-state index in [0.29, 0.717) is 36.7 Å². The Morgan fingerprint density at radius 1 is 0.882 bits per heavy atom. The van der Waals surface area contributed by atoms with Crippen LogP contribution in [0.1, 0.15) is 62.3 Å². The van der Waals surface area contributed by atoms with Crippen molar-refractivity contribution in [3.63, 3.8) is 0 Å². The number of rotatable bonds is 9. The first-order valence-electron chi connectivity index (χ1n) is 18.0. The maximum absolute atomic E-state index is 14.5. The molecule has 0 unspecified atom stereocenters. The highest BCUT2D eigenvalue weighted by molar-refractivity contribution is 5.76. The Morgan fingerprint density at radius 3 is 2.35 bits per heavy atom. The molecule has 5 aromatic rings. The van der Waals surface area contributed by atoms with Crippen molar-refractivity contribution >= 4 is 11.0 Å². The molecule has 9 nitrogen and oxygen atoms in total. The van der Waals surface area contributed by atoms with Crippen LogP contribution < -0.4 is 16.6 Å². The molecule has 2 fully saturated rings. The van der Waals surface area contributed by atoms with Gasteiger partial charge in [0.25, 0.3) is 5.56 Å². The van der Waals surface area contributed by atoms with Crippen LogP contribution >= 0.6 is 0 Å². The van der Waals surface area contributed by atoms with E-state index in [4.69, 9.17) is 0 Å². The molecule has 3 heterocycles. The van der Waals surface area contributed by atoms with Crippen molar-refractivity contribution in [2.24, 2.45) is 0 Å². The zero-order valence-electron chi connectivity index (χ0n) is 29.3. The topological polar surface area (TPSA) is 99.2 Å². The van der Waals surface area contributed by atoms with Crippen LogP contribution in [0.2, 0.25) is 0 Å². The lowest BCUT2D eigenvalue weighted by atomic mass is 9.90. The molecule has 0 radical (unpaired) electrons. The van der Waals surface area contributed by atoms with Crippen LogP contribution in [0, 0.1) is 17.1 Å². The highest BCUT2D eigenvalue weighted by atomic mass is 19.1. The molecule has 7 rings (SSSR count). The predicted molar refractivity (Wildman–Crippen MR) is 198 cm³/mol. The van der Waals surface area contributed by atoms with Gasteiger partial charge in [0.2, 0.25) is 0 Å². The average molecular weight is 686 g/mol. The van der Waals surface area contributed by atoms with Gasteiger partial charge in [-0.05, 0) is 92.1 Å². The van der Waals surface area contributed by atoms with E-state index < -0.39 is 17.1 Å². The van der Waals surface area contributed by atoms with Crippen LogP contribution in [0.4, 0.5) is 4.39 Å². The molecular formula is C41H44FN7O2. The van der Waals surface area contributed by atoms with Gasteiger partial charge in [0, 0.05) is 57.4 Å². The lowest BCUT2D eigenvalue weighted by molar-refractivity contribution is 0.104. The van der Waals surface area contributed by atoms with Crippen molar-refractivity contribution in [1.82, 2.24) is 29.2 Å². The van der Waals surface area contributed by atoms with Gasteiger partial charge in [-0.25, -0.2) is 18.7 Å². The minimum absolute atomic E-state index is 0.0798. The van der Waals surface area contributed by atoms with E-state index in [9.17, 15) is 19.2 Å². The summed E-state index contributed by atoms with van der Waals surface area (Å²) in [5.41, 5.74) is 4.58. The van der Waals surface area contributed by atoms with Crippen LogP contribution in [0.3, 0.4) is 0 Å². The number of halogens is 1. The molecule has 51 heavy (non-hydrogen) atoms. The maximum atomic E-state index is 14.5. The van der Waals surface area contributed by atoms with E-state index in [0.717, 1.165) is 68.5 Å². The smallest absolute Gasteiger partial charge is 0.310 e. The summed E-state index contributed by atoms with van der Waals surface area (Å²) in [6, 6.07) is 27.6. The van der Waals surface area contributed by atoms with Crippen LogP contribution in [0.25, 0.3) is 27.8 Å². The molecule has 1 aliphatic heterocycles. The summed E-state index contributed by atoms with van der Waals surface area (Å²) >= 11 is 0. The summed E-state index contributed by atoms with van der Waals surface area (Å²) in [7, 11) is 0. The Labute approximate surface area is 297 Å². The summed E-state index contributed by atoms with van der Waals surface area (Å²) in [6.45, 7) is 10.3. The van der Waals surface area contributed by atoms with E-state index in [-0.39, 0.29) is 23.1 Å². The van der Waals surface area contributed by atoms with Gasteiger partial charge < -0.3 is 5.32 Å². The van der Waals surface area contributed by atoms with Gasteiger partial charge in [0.1, 0.15) is 5.82 Å². The Morgan fingerprint density at radius 2 is 1.63 bits per heavy atom. The summed E-state index contributed by atoms with van der Waals surface area (Å²) in [6.07, 6.45) is 3.84. The van der Waals surface area contributed by atoms with Gasteiger partial charge in [-0.15, -0.1) is 0 Å². The quantitative estimate of drug-likeness (QED) is 0.203. The summed E-state index contributed by atoms with van der Waals surface area (Å²) in [5, 5.41) is 12.9. The van der Waals surface area contributed by atoms with Crippen molar-refractivity contribution < 1.29 is 4.39 Å². The average Bonchev–Trinajstić information content (AvgIpc) is 3.15. The number of pyridine rings is 1. The Kier molecular flexibility index (Phi) is 10.2. The van der Waals surface area contributed by atoms with Crippen LogP contribution in [-0.2, 0) is 13.1 Å². The molecular weight excluding hydrogens is 641 g/mol. The molecule has 10 heteroatoms. The molecule has 262 valence electrons. The predicted octanol–water partition coefficient (Wildman–Crippen LogP) is 6.02. The number of hydrogen-bond acceptors (Lipinski definition) is 7. The molecule has 2 aliphatic rings.